The first kappa shape index (κ1) is 19.5. The van der Waals surface area contributed by atoms with E-state index in [4.69, 9.17) is 16.3 Å². The van der Waals surface area contributed by atoms with Crippen molar-refractivity contribution in [2.24, 2.45) is 0 Å². The smallest absolute Gasteiger partial charge is 0.244 e. The van der Waals surface area contributed by atoms with Crippen molar-refractivity contribution in [3.05, 3.63) is 76.6 Å². The second kappa shape index (κ2) is 9.65. The molecule has 0 radical (unpaired) electrons. The van der Waals surface area contributed by atoms with Crippen LogP contribution in [-0.2, 0) is 9.53 Å². The predicted octanol–water partition coefficient (Wildman–Crippen LogP) is 3.68. The lowest BCUT2D eigenvalue weighted by Crippen LogP contribution is -2.43. The number of rotatable bonds is 6. The van der Waals surface area contributed by atoms with E-state index in [0.717, 1.165) is 18.7 Å². The average molecular weight is 389 g/mol. The maximum Gasteiger partial charge on any atom is 0.244 e. The lowest BCUT2D eigenvalue weighted by Gasteiger charge is -2.34. The van der Waals surface area contributed by atoms with Gasteiger partial charge in [0.1, 0.15) is 5.82 Å². The van der Waals surface area contributed by atoms with Crippen molar-refractivity contribution < 1.29 is 13.9 Å². The number of nitrogens with zero attached hydrogens (tertiary/aromatic N) is 1. The summed E-state index contributed by atoms with van der Waals surface area (Å²) in [5.74, 6) is -0.542. The first-order valence-electron chi connectivity index (χ1n) is 8.90. The van der Waals surface area contributed by atoms with E-state index in [-0.39, 0.29) is 17.8 Å². The Balaban J connectivity index is 1.64. The normalized spacial score (nSPS) is 16.4. The summed E-state index contributed by atoms with van der Waals surface area (Å²) in [6.45, 7) is 3.44. The third-order valence-electron chi connectivity index (χ3n) is 4.49. The van der Waals surface area contributed by atoms with Crippen molar-refractivity contribution in [2.75, 3.05) is 32.8 Å². The summed E-state index contributed by atoms with van der Waals surface area (Å²) in [6.07, 6.45) is 3.03. The van der Waals surface area contributed by atoms with Gasteiger partial charge >= 0.3 is 0 Å². The minimum atomic E-state index is -0.326. The van der Waals surface area contributed by atoms with Crippen molar-refractivity contribution in [1.29, 1.82) is 0 Å². The van der Waals surface area contributed by atoms with Crippen molar-refractivity contribution in [3.63, 3.8) is 0 Å². The monoisotopic (exact) mass is 388 g/mol. The predicted molar refractivity (Wildman–Crippen MR) is 105 cm³/mol. The number of ether oxygens (including phenoxy) is 1. The van der Waals surface area contributed by atoms with Gasteiger partial charge in [0.2, 0.25) is 5.91 Å². The zero-order chi connectivity index (χ0) is 19.1. The SMILES string of the molecule is O=C(C=Cc1cccc(F)c1)NCC(c1ccc(Cl)cc1)N1CCOCC1. The number of halogens is 2. The number of benzene rings is 2. The summed E-state index contributed by atoms with van der Waals surface area (Å²) < 4.78 is 18.6. The molecule has 142 valence electrons. The fourth-order valence-electron chi connectivity index (χ4n) is 3.07. The van der Waals surface area contributed by atoms with Crippen LogP contribution in [-0.4, -0.2) is 43.7 Å². The maximum atomic E-state index is 13.2. The highest BCUT2D eigenvalue weighted by Crippen LogP contribution is 2.23. The van der Waals surface area contributed by atoms with Crippen LogP contribution in [0.5, 0.6) is 0 Å². The molecular formula is C21H22ClFN2O2. The lowest BCUT2D eigenvalue weighted by molar-refractivity contribution is -0.116. The Morgan fingerprint density at radius 2 is 1.96 bits per heavy atom. The van der Waals surface area contributed by atoms with E-state index < -0.39 is 0 Å². The van der Waals surface area contributed by atoms with E-state index in [1.807, 2.05) is 24.3 Å². The summed E-state index contributed by atoms with van der Waals surface area (Å²) in [5.41, 5.74) is 1.74. The Bertz CT molecular complexity index is 789. The quantitative estimate of drug-likeness (QED) is 0.767. The molecule has 1 aliphatic heterocycles. The van der Waals surface area contributed by atoms with Crippen LogP contribution in [0.1, 0.15) is 17.2 Å². The van der Waals surface area contributed by atoms with Crippen molar-refractivity contribution in [3.8, 4) is 0 Å². The third kappa shape index (κ3) is 5.89. The molecule has 1 fully saturated rings. The first-order valence-corrected chi connectivity index (χ1v) is 9.28. The molecule has 1 heterocycles. The van der Waals surface area contributed by atoms with Gasteiger partial charge < -0.3 is 10.1 Å². The number of hydrogen-bond acceptors (Lipinski definition) is 3. The summed E-state index contributed by atoms with van der Waals surface area (Å²) in [4.78, 5) is 14.5. The van der Waals surface area contributed by atoms with Gasteiger partial charge in [-0.15, -0.1) is 0 Å². The number of hydrogen-bond donors (Lipinski definition) is 1. The second-order valence-corrected chi connectivity index (χ2v) is 6.79. The molecule has 1 saturated heterocycles. The lowest BCUT2D eigenvalue weighted by atomic mass is 10.0. The molecule has 0 bridgehead atoms. The number of amides is 1. The number of morpholine rings is 1. The Labute approximate surface area is 163 Å². The maximum absolute atomic E-state index is 13.2. The molecule has 0 saturated carbocycles. The van der Waals surface area contributed by atoms with E-state index >= 15 is 0 Å². The Hall–Kier alpha value is -2.21. The first-order chi connectivity index (χ1) is 13.1. The van der Waals surface area contributed by atoms with E-state index in [0.29, 0.717) is 30.3 Å². The molecule has 3 rings (SSSR count). The summed E-state index contributed by atoms with van der Waals surface area (Å²) in [7, 11) is 0. The molecule has 1 atom stereocenters. The van der Waals surface area contributed by atoms with Gasteiger partial charge in [-0.2, -0.15) is 0 Å². The Morgan fingerprint density at radius 3 is 2.67 bits per heavy atom. The Kier molecular flexibility index (Phi) is 6.98. The van der Waals surface area contributed by atoms with Crippen LogP contribution >= 0.6 is 11.6 Å². The van der Waals surface area contributed by atoms with Gasteiger partial charge in [-0.05, 0) is 41.5 Å². The minimum Gasteiger partial charge on any atom is -0.379 e. The molecule has 4 nitrogen and oxygen atoms in total. The fraction of sp³-hybridized carbons (Fsp3) is 0.286. The molecule has 1 N–H and O–H groups in total. The van der Waals surface area contributed by atoms with E-state index in [1.165, 1.54) is 18.2 Å². The van der Waals surface area contributed by atoms with Crippen LogP contribution < -0.4 is 5.32 Å². The highest BCUT2D eigenvalue weighted by Gasteiger charge is 2.22. The van der Waals surface area contributed by atoms with E-state index in [1.54, 1.807) is 18.2 Å². The van der Waals surface area contributed by atoms with Gasteiger partial charge in [0.05, 0.1) is 19.3 Å². The zero-order valence-electron chi connectivity index (χ0n) is 14.9. The second-order valence-electron chi connectivity index (χ2n) is 6.35. The molecule has 0 spiro atoms. The molecule has 27 heavy (non-hydrogen) atoms. The number of nitrogens with one attached hydrogen (secondary N) is 1. The van der Waals surface area contributed by atoms with Crippen LogP contribution in [0.4, 0.5) is 4.39 Å². The molecule has 1 aliphatic rings. The molecule has 0 aliphatic carbocycles. The van der Waals surface area contributed by atoms with E-state index in [2.05, 4.69) is 10.2 Å². The fourth-order valence-corrected chi connectivity index (χ4v) is 3.20. The summed E-state index contributed by atoms with van der Waals surface area (Å²) in [6, 6.07) is 13.8. The summed E-state index contributed by atoms with van der Waals surface area (Å²) >= 11 is 6.00. The van der Waals surface area contributed by atoms with Crippen molar-refractivity contribution in [1.82, 2.24) is 10.2 Å². The van der Waals surface area contributed by atoms with Gasteiger partial charge in [0.25, 0.3) is 0 Å². The standard InChI is InChI=1S/C21H22ClFN2O2/c22-18-7-5-17(6-8-18)20(25-10-12-27-13-11-25)15-24-21(26)9-4-16-2-1-3-19(23)14-16/h1-9,14,20H,10-13,15H2,(H,24,26). The molecule has 2 aromatic rings. The van der Waals surface area contributed by atoms with Crippen LogP contribution in [0.25, 0.3) is 6.08 Å². The van der Waals surface area contributed by atoms with Crippen molar-refractivity contribution in [2.45, 2.75) is 6.04 Å². The molecule has 0 aromatic heterocycles. The van der Waals surface area contributed by atoms with Gasteiger partial charge in [-0.25, -0.2) is 4.39 Å². The molecule has 1 unspecified atom stereocenters. The highest BCUT2D eigenvalue weighted by atomic mass is 35.5. The molecule has 1 amide bonds. The zero-order valence-corrected chi connectivity index (χ0v) is 15.7. The number of carbonyl (C=O) groups is 1. The summed E-state index contributed by atoms with van der Waals surface area (Å²) in [5, 5.41) is 3.63. The largest absolute Gasteiger partial charge is 0.379 e. The van der Waals surface area contributed by atoms with E-state index in [9.17, 15) is 9.18 Å². The van der Waals surface area contributed by atoms with Gasteiger partial charge in [-0.3, -0.25) is 9.69 Å². The Morgan fingerprint density at radius 1 is 1.22 bits per heavy atom. The van der Waals surface area contributed by atoms with Crippen LogP contribution in [0.15, 0.2) is 54.6 Å². The van der Waals surface area contributed by atoms with Gasteiger partial charge in [0.15, 0.2) is 0 Å². The number of carbonyl (C=O) groups excluding carboxylic acids is 1. The van der Waals surface area contributed by atoms with Crippen LogP contribution in [0, 0.1) is 5.82 Å². The highest BCUT2D eigenvalue weighted by molar-refractivity contribution is 6.30. The minimum absolute atomic E-state index is 0.0395. The van der Waals surface area contributed by atoms with Gasteiger partial charge in [-0.1, -0.05) is 35.9 Å². The molecular weight excluding hydrogens is 367 g/mol. The topological polar surface area (TPSA) is 41.6 Å². The molecule has 2 aromatic carbocycles. The van der Waals surface area contributed by atoms with Crippen LogP contribution in [0.2, 0.25) is 5.02 Å². The third-order valence-corrected chi connectivity index (χ3v) is 4.74. The molecule has 6 heteroatoms. The van der Waals surface area contributed by atoms with Crippen molar-refractivity contribution >= 4 is 23.6 Å². The van der Waals surface area contributed by atoms with Crippen LogP contribution in [0.3, 0.4) is 0 Å². The van der Waals surface area contributed by atoms with Gasteiger partial charge in [0, 0.05) is 30.7 Å². The average Bonchev–Trinajstić information content (AvgIpc) is 2.69.